The summed E-state index contributed by atoms with van der Waals surface area (Å²) in [4.78, 5) is 47.7. The first-order chi connectivity index (χ1) is 14.3. The van der Waals surface area contributed by atoms with Crippen molar-refractivity contribution in [3.8, 4) is 0 Å². The van der Waals surface area contributed by atoms with Gasteiger partial charge in [0.15, 0.2) is 5.78 Å². The van der Waals surface area contributed by atoms with Gasteiger partial charge in [0, 0.05) is 23.3 Å². The second kappa shape index (κ2) is 6.89. The van der Waals surface area contributed by atoms with E-state index in [1.54, 1.807) is 13.0 Å². The fourth-order valence-corrected chi connectivity index (χ4v) is 6.73. The minimum absolute atomic E-state index is 0.0215. The molecule has 0 bridgehead atoms. The molecule has 4 aliphatic carbocycles. The lowest BCUT2D eigenvalue weighted by Gasteiger charge is -2.61. The van der Waals surface area contributed by atoms with Crippen LogP contribution >= 0.6 is 0 Å². The van der Waals surface area contributed by atoms with E-state index in [2.05, 4.69) is 0 Å². The van der Waals surface area contributed by atoms with Crippen molar-refractivity contribution in [1.29, 1.82) is 0 Å². The molecular weight excluding hydrogens is 410 g/mol. The number of rotatable bonds is 4. The molecule has 0 aliphatic heterocycles. The highest BCUT2D eigenvalue weighted by Gasteiger charge is 2.69. The van der Waals surface area contributed by atoms with Gasteiger partial charge in [0.2, 0.25) is 11.6 Å². The maximum absolute atomic E-state index is 16.8. The Morgan fingerprint density at radius 3 is 2.55 bits per heavy atom. The summed E-state index contributed by atoms with van der Waals surface area (Å²) in [6.45, 7) is 3.31. The average molecular weight is 436 g/mol. The van der Waals surface area contributed by atoms with E-state index >= 15 is 8.78 Å². The Kier molecular flexibility index (Phi) is 4.89. The largest absolute Gasteiger partial charge is 0.481 e. The van der Waals surface area contributed by atoms with Crippen LogP contribution in [0.3, 0.4) is 0 Å². The van der Waals surface area contributed by atoms with Crippen LogP contribution in [0.2, 0.25) is 0 Å². The van der Waals surface area contributed by atoms with E-state index < -0.39 is 70.4 Å². The number of carboxylic acid groups (broad SMARTS) is 1. The van der Waals surface area contributed by atoms with E-state index in [9.17, 15) is 24.3 Å². The van der Waals surface area contributed by atoms with Gasteiger partial charge in [-0.25, -0.2) is 8.78 Å². The van der Waals surface area contributed by atoms with Crippen LogP contribution in [0.4, 0.5) is 8.78 Å². The van der Waals surface area contributed by atoms with E-state index in [1.807, 2.05) is 0 Å². The van der Waals surface area contributed by atoms with Crippen LogP contribution in [0, 0.1) is 22.7 Å². The number of Topliss-reactive ketones (excluding diaryl/α,β-unsaturated/α-hetero) is 2. The van der Waals surface area contributed by atoms with Gasteiger partial charge < -0.3 is 10.2 Å². The number of aliphatic hydroxyl groups is 1. The third-order valence-electron chi connectivity index (χ3n) is 8.46. The van der Waals surface area contributed by atoms with Gasteiger partial charge in [-0.15, -0.1) is 0 Å². The number of alkyl halides is 2. The molecule has 2 unspecified atom stereocenters. The van der Waals surface area contributed by atoms with Crippen molar-refractivity contribution in [2.75, 3.05) is 0 Å². The molecular formula is C23H26F2O6. The van der Waals surface area contributed by atoms with E-state index in [0.717, 1.165) is 6.08 Å². The SMILES string of the molecule is C[C@]12CC(=O)C(=O)C=C1C(F)C[C@H]1[C@@H]3CC=C(C(=O)C(O)CC(=O)O)[C@@]3(C)CC[C@@]12F. The number of aliphatic carboxylic acids is 1. The first-order valence-corrected chi connectivity index (χ1v) is 10.6. The molecule has 168 valence electrons. The molecule has 8 heteroatoms. The number of ketones is 3. The predicted octanol–water partition coefficient (Wildman–Crippen LogP) is 2.68. The molecule has 4 rings (SSSR count). The van der Waals surface area contributed by atoms with Gasteiger partial charge >= 0.3 is 5.97 Å². The summed E-state index contributed by atoms with van der Waals surface area (Å²) in [5.41, 5.74) is -3.81. The van der Waals surface area contributed by atoms with E-state index in [1.165, 1.54) is 6.92 Å². The zero-order chi connectivity index (χ0) is 22.9. The molecule has 0 radical (unpaired) electrons. The first-order valence-electron chi connectivity index (χ1n) is 10.6. The number of carboxylic acids is 1. The fourth-order valence-electron chi connectivity index (χ4n) is 6.73. The van der Waals surface area contributed by atoms with Crippen LogP contribution in [-0.2, 0) is 19.2 Å². The second-order valence-corrected chi connectivity index (χ2v) is 9.92. The van der Waals surface area contributed by atoms with Gasteiger partial charge in [-0.1, -0.05) is 19.9 Å². The number of hydrogen-bond donors (Lipinski definition) is 2. The zero-order valence-corrected chi connectivity index (χ0v) is 17.5. The number of aliphatic hydroxyl groups excluding tert-OH is 1. The molecule has 2 N–H and O–H groups in total. The number of carbonyl (C=O) groups excluding carboxylic acids is 3. The van der Waals surface area contributed by atoms with E-state index in [-0.39, 0.29) is 36.8 Å². The van der Waals surface area contributed by atoms with Gasteiger partial charge in [-0.05, 0) is 48.7 Å². The summed E-state index contributed by atoms with van der Waals surface area (Å²) in [6, 6.07) is 0. The zero-order valence-electron chi connectivity index (χ0n) is 17.5. The van der Waals surface area contributed by atoms with Gasteiger partial charge in [0.05, 0.1) is 6.42 Å². The Hall–Kier alpha value is -2.22. The molecule has 7 atom stereocenters. The number of halogens is 2. The van der Waals surface area contributed by atoms with E-state index in [4.69, 9.17) is 5.11 Å². The highest BCUT2D eigenvalue weighted by atomic mass is 19.1. The van der Waals surface area contributed by atoms with Gasteiger partial charge in [-0.2, -0.15) is 0 Å². The van der Waals surface area contributed by atoms with Crippen LogP contribution in [0.25, 0.3) is 0 Å². The maximum atomic E-state index is 16.8. The van der Waals surface area contributed by atoms with Crippen molar-refractivity contribution in [3.05, 3.63) is 23.3 Å². The highest BCUT2D eigenvalue weighted by Crippen LogP contribution is 2.68. The van der Waals surface area contributed by atoms with Crippen LogP contribution in [0.5, 0.6) is 0 Å². The standard InChI is InChI=1S/C23H26F2O6/c1-21-5-6-23(25)13(7-15(24)14-8-16(26)18(28)10-22(14,23)2)11(21)3-4-12(21)20(31)17(27)9-19(29)30/h4,8,11,13,15,17,27H,3,5-7,9-10H2,1-2H3,(H,29,30)/t11-,13-,15?,17?,21-,22-,23+/m0/s1. The van der Waals surface area contributed by atoms with Crippen molar-refractivity contribution in [1.82, 2.24) is 0 Å². The van der Waals surface area contributed by atoms with Crippen molar-refractivity contribution in [3.63, 3.8) is 0 Å². The van der Waals surface area contributed by atoms with Crippen LogP contribution in [-0.4, -0.2) is 51.5 Å². The summed E-state index contributed by atoms with van der Waals surface area (Å²) in [5, 5.41) is 18.9. The normalized spacial score (nSPS) is 42.7. The van der Waals surface area contributed by atoms with E-state index in [0.29, 0.717) is 6.42 Å². The fraction of sp³-hybridized carbons (Fsp3) is 0.652. The minimum Gasteiger partial charge on any atom is -0.481 e. The molecule has 31 heavy (non-hydrogen) atoms. The van der Waals surface area contributed by atoms with Crippen LogP contribution in [0.15, 0.2) is 23.3 Å². The van der Waals surface area contributed by atoms with Crippen molar-refractivity contribution in [2.45, 2.75) is 70.3 Å². The lowest BCUT2D eigenvalue weighted by Crippen LogP contribution is -2.63. The second-order valence-electron chi connectivity index (χ2n) is 9.92. The molecule has 0 amide bonds. The number of allylic oxidation sites excluding steroid dienone is 3. The minimum atomic E-state index is -1.91. The quantitative estimate of drug-likeness (QED) is 0.656. The monoisotopic (exact) mass is 436 g/mol. The molecule has 0 heterocycles. The van der Waals surface area contributed by atoms with Crippen molar-refractivity contribution >= 4 is 23.3 Å². The summed E-state index contributed by atoms with van der Waals surface area (Å²) >= 11 is 0. The van der Waals surface area contributed by atoms with Crippen LogP contribution in [0.1, 0.15) is 52.4 Å². The molecule has 0 aromatic carbocycles. The summed E-state index contributed by atoms with van der Waals surface area (Å²) in [5.74, 6) is -4.70. The smallest absolute Gasteiger partial charge is 0.306 e. The first kappa shape index (κ1) is 22.0. The Labute approximate surface area is 178 Å². The topological polar surface area (TPSA) is 109 Å². The number of fused-ring (bicyclic) bond motifs is 5. The number of carbonyl (C=O) groups is 4. The van der Waals surface area contributed by atoms with Crippen LogP contribution < -0.4 is 0 Å². The molecule has 0 spiro atoms. The molecule has 6 nitrogen and oxygen atoms in total. The molecule has 4 aliphatic rings. The van der Waals surface area contributed by atoms with Gasteiger partial charge in [0.25, 0.3) is 0 Å². The Morgan fingerprint density at radius 1 is 1.23 bits per heavy atom. The summed E-state index contributed by atoms with van der Waals surface area (Å²) in [6.07, 6.45) is -1.35. The molecule has 2 saturated carbocycles. The van der Waals surface area contributed by atoms with Gasteiger partial charge in [0.1, 0.15) is 17.9 Å². The molecule has 0 aromatic heterocycles. The Morgan fingerprint density at radius 2 is 1.90 bits per heavy atom. The molecule has 0 saturated heterocycles. The predicted molar refractivity (Wildman–Crippen MR) is 104 cm³/mol. The van der Waals surface area contributed by atoms with Gasteiger partial charge in [-0.3, -0.25) is 19.2 Å². The summed E-state index contributed by atoms with van der Waals surface area (Å²) in [7, 11) is 0. The highest BCUT2D eigenvalue weighted by molar-refractivity contribution is 6.42. The molecule has 2 fully saturated rings. The van der Waals surface area contributed by atoms with Crippen molar-refractivity contribution < 1.29 is 38.2 Å². The third kappa shape index (κ3) is 2.90. The van der Waals surface area contributed by atoms with Crippen molar-refractivity contribution in [2.24, 2.45) is 22.7 Å². The number of hydrogen-bond acceptors (Lipinski definition) is 5. The molecule has 0 aromatic rings. The Bertz CT molecular complexity index is 954. The third-order valence-corrected chi connectivity index (χ3v) is 8.46. The summed E-state index contributed by atoms with van der Waals surface area (Å²) < 4.78 is 32.0. The maximum Gasteiger partial charge on any atom is 0.306 e. The Balaban J connectivity index is 1.69. The average Bonchev–Trinajstić information content (AvgIpc) is 3.02. The lowest BCUT2D eigenvalue weighted by atomic mass is 9.44. The lowest BCUT2D eigenvalue weighted by molar-refractivity contribution is -0.158.